The Labute approximate surface area is 280 Å². The number of rotatable bonds is 11. The molecule has 252 valence electrons. The summed E-state index contributed by atoms with van der Waals surface area (Å²) in [6.45, 7) is 12.9. The van der Waals surface area contributed by atoms with Gasteiger partial charge in [0.25, 0.3) is 0 Å². The number of carbonyl (C=O) groups is 2. The molecule has 0 unspecified atom stereocenters. The normalized spacial score (nSPS) is 18.6. The number of nitrogens with zero attached hydrogens (tertiary/aromatic N) is 3. The van der Waals surface area contributed by atoms with E-state index in [1.54, 1.807) is 23.1 Å². The van der Waals surface area contributed by atoms with Crippen LogP contribution in [0, 0.1) is 19.8 Å². The van der Waals surface area contributed by atoms with Gasteiger partial charge in [0.05, 0.1) is 23.8 Å². The van der Waals surface area contributed by atoms with Crippen molar-refractivity contribution in [1.82, 2.24) is 20.2 Å². The molecule has 0 aliphatic carbocycles. The number of amides is 1. The van der Waals surface area contributed by atoms with Crippen molar-refractivity contribution in [3.05, 3.63) is 65.2 Å². The summed E-state index contributed by atoms with van der Waals surface area (Å²) in [7, 11) is 0. The molecule has 1 amide bonds. The second kappa shape index (κ2) is 15.4. The van der Waals surface area contributed by atoms with Crippen molar-refractivity contribution in [1.29, 1.82) is 0 Å². The van der Waals surface area contributed by atoms with E-state index in [0.29, 0.717) is 41.4 Å². The molecule has 11 nitrogen and oxygen atoms in total. The highest BCUT2D eigenvalue weighted by Gasteiger charge is 2.39. The highest BCUT2D eigenvalue weighted by Crippen LogP contribution is 2.31. The van der Waals surface area contributed by atoms with Gasteiger partial charge in [0.2, 0.25) is 11.8 Å². The average Bonchev–Trinajstić information content (AvgIpc) is 3.42. The summed E-state index contributed by atoms with van der Waals surface area (Å²) in [6.07, 6.45) is 2.39. The molecule has 2 fully saturated rings. The summed E-state index contributed by atoms with van der Waals surface area (Å²) >= 11 is 1.22. The van der Waals surface area contributed by atoms with Crippen LogP contribution < -0.4 is 14.8 Å². The predicted molar refractivity (Wildman–Crippen MR) is 182 cm³/mol. The van der Waals surface area contributed by atoms with E-state index in [0.717, 1.165) is 55.7 Å². The largest absolute Gasteiger partial charge is 0.478 e. The fraction of sp³-hybridized carbons (Fsp3) is 0.486. The minimum atomic E-state index is -0.996. The van der Waals surface area contributed by atoms with E-state index in [9.17, 15) is 14.7 Å². The third kappa shape index (κ3) is 9.59. The number of ether oxygens (including phenoxy) is 3. The molecule has 2 aliphatic heterocycles. The summed E-state index contributed by atoms with van der Waals surface area (Å²) in [5, 5.41) is 13.1. The van der Waals surface area contributed by atoms with Crippen LogP contribution in [0.25, 0.3) is 11.3 Å². The Morgan fingerprint density at radius 1 is 1.04 bits per heavy atom. The Hall–Kier alpha value is -3.87. The maximum Gasteiger partial charge on any atom is 0.410 e. The lowest BCUT2D eigenvalue weighted by Gasteiger charge is -2.25. The molecule has 1 aromatic heterocycles. The number of benzene rings is 2. The number of aromatic carboxylic acids is 1. The number of hydrogen-bond donors (Lipinski definition) is 3. The fourth-order valence-corrected chi connectivity index (χ4v) is 6.54. The minimum Gasteiger partial charge on any atom is -0.478 e. The number of likely N-dealkylation sites (tertiary alicyclic amines) is 1. The van der Waals surface area contributed by atoms with E-state index in [-0.39, 0.29) is 23.8 Å². The first-order valence-corrected chi connectivity index (χ1v) is 16.9. The number of aryl methyl sites for hydroxylation is 2. The van der Waals surface area contributed by atoms with Crippen LogP contribution in [0.2, 0.25) is 0 Å². The number of hydrogen-bond acceptors (Lipinski definition) is 10. The smallest absolute Gasteiger partial charge is 0.410 e. The minimum absolute atomic E-state index is 0.134. The van der Waals surface area contributed by atoms with E-state index >= 15 is 0 Å². The monoisotopic (exact) mass is 663 g/mol. The van der Waals surface area contributed by atoms with Crippen LogP contribution in [0.4, 0.5) is 10.7 Å². The molecular formula is C35H45N5O6S. The van der Waals surface area contributed by atoms with Gasteiger partial charge in [-0.05, 0) is 108 Å². The van der Waals surface area contributed by atoms with Crippen LogP contribution >= 0.6 is 11.9 Å². The molecule has 0 spiro atoms. The van der Waals surface area contributed by atoms with E-state index in [1.165, 1.54) is 11.9 Å². The van der Waals surface area contributed by atoms with Gasteiger partial charge >= 0.3 is 12.1 Å². The number of nitrogens with one attached hydrogen (secondary N) is 2. The van der Waals surface area contributed by atoms with Crippen molar-refractivity contribution in [2.45, 2.75) is 76.5 Å². The lowest BCUT2D eigenvalue weighted by Crippen LogP contribution is -2.43. The van der Waals surface area contributed by atoms with Gasteiger partial charge in [0.15, 0.2) is 0 Å². The van der Waals surface area contributed by atoms with Gasteiger partial charge in [-0.1, -0.05) is 24.3 Å². The first-order chi connectivity index (χ1) is 22.4. The van der Waals surface area contributed by atoms with E-state index in [1.807, 2.05) is 65.0 Å². The first-order valence-electron chi connectivity index (χ1n) is 16.1. The maximum absolute atomic E-state index is 13.1. The Bertz CT molecular complexity index is 1540. The van der Waals surface area contributed by atoms with Crippen LogP contribution in [0.15, 0.2) is 53.4 Å². The van der Waals surface area contributed by atoms with E-state index < -0.39 is 11.6 Å². The van der Waals surface area contributed by atoms with Gasteiger partial charge in [-0.3, -0.25) is 4.72 Å². The molecular weight excluding hydrogens is 618 g/mol. The topological polar surface area (TPSA) is 135 Å². The quantitative estimate of drug-likeness (QED) is 0.198. The number of anilines is 1. The molecule has 2 atom stereocenters. The molecule has 2 aliphatic rings. The van der Waals surface area contributed by atoms with Crippen molar-refractivity contribution >= 4 is 30.0 Å². The third-order valence-corrected chi connectivity index (χ3v) is 9.05. The molecule has 2 aromatic carbocycles. The average molecular weight is 664 g/mol. The van der Waals surface area contributed by atoms with Crippen molar-refractivity contribution < 1.29 is 28.9 Å². The van der Waals surface area contributed by atoms with Crippen molar-refractivity contribution in [2.24, 2.45) is 5.92 Å². The zero-order chi connectivity index (χ0) is 33.6. The Kier molecular flexibility index (Phi) is 11.3. The lowest BCUT2D eigenvalue weighted by atomic mass is 9.96. The van der Waals surface area contributed by atoms with Crippen LogP contribution in [-0.4, -0.2) is 82.6 Å². The molecule has 0 bridgehead atoms. The van der Waals surface area contributed by atoms with Crippen molar-refractivity contribution in [3.8, 4) is 17.1 Å². The number of carboxylic acids is 1. The number of carboxylic acid groups (broad SMARTS) is 1. The van der Waals surface area contributed by atoms with E-state index in [4.69, 9.17) is 24.2 Å². The third-order valence-electron chi connectivity index (χ3n) is 8.27. The van der Waals surface area contributed by atoms with Gasteiger partial charge in [-0.2, -0.15) is 4.98 Å². The van der Waals surface area contributed by atoms with Crippen LogP contribution in [0.3, 0.4) is 0 Å². The molecule has 0 radical (unpaired) electrons. The molecule has 12 heteroatoms. The molecule has 3 aromatic rings. The lowest BCUT2D eigenvalue weighted by molar-refractivity contribution is 0.0274. The van der Waals surface area contributed by atoms with Crippen LogP contribution in [0.5, 0.6) is 5.88 Å². The second-order valence-corrected chi connectivity index (χ2v) is 14.0. The Morgan fingerprint density at radius 3 is 2.47 bits per heavy atom. The Balaban J connectivity index is 1.40. The summed E-state index contributed by atoms with van der Waals surface area (Å²) in [5.41, 5.74) is 3.38. The molecule has 0 saturated carbocycles. The Morgan fingerprint density at radius 2 is 1.77 bits per heavy atom. The van der Waals surface area contributed by atoms with Crippen molar-refractivity contribution in [3.63, 3.8) is 0 Å². The molecule has 2 saturated heterocycles. The van der Waals surface area contributed by atoms with Gasteiger partial charge in [0, 0.05) is 36.3 Å². The molecule has 5 rings (SSSR count). The van der Waals surface area contributed by atoms with Gasteiger partial charge in [-0.15, -0.1) is 0 Å². The zero-order valence-electron chi connectivity index (χ0n) is 27.7. The van der Waals surface area contributed by atoms with Gasteiger partial charge < -0.3 is 29.5 Å². The van der Waals surface area contributed by atoms with E-state index in [2.05, 4.69) is 10.0 Å². The maximum atomic E-state index is 13.1. The summed E-state index contributed by atoms with van der Waals surface area (Å²) < 4.78 is 21.0. The highest BCUT2D eigenvalue weighted by atomic mass is 32.2. The first kappa shape index (κ1) is 34.5. The fourth-order valence-electron chi connectivity index (χ4n) is 5.90. The molecule has 3 heterocycles. The molecule has 3 N–H and O–H groups in total. The second-order valence-electron chi connectivity index (χ2n) is 13.2. The van der Waals surface area contributed by atoms with Crippen molar-refractivity contribution in [2.75, 3.05) is 37.6 Å². The molecule has 47 heavy (non-hydrogen) atoms. The SMILES string of the molecule is Cc1cccc(C)c1-c1cc(O[C@@H]2CN(C(=O)OC(C)(C)C)C[C@H]2NCCC2CCOCC2)nc(NSc2cccc(C(=O)O)c2)n1. The predicted octanol–water partition coefficient (Wildman–Crippen LogP) is 6.35. The summed E-state index contributed by atoms with van der Waals surface area (Å²) in [6, 6.07) is 14.4. The van der Waals surface area contributed by atoms with Gasteiger partial charge in [0.1, 0.15) is 11.7 Å². The highest BCUT2D eigenvalue weighted by molar-refractivity contribution is 8.00. The summed E-state index contributed by atoms with van der Waals surface area (Å²) in [5.74, 6) is 0.302. The van der Waals surface area contributed by atoms with Gasteiger partial charge in [-0.25, -0.2) is 14.6 Å². The number of aromatic nitrogens is 2. The number of carbonyl (C=O) groups excluding carboxylic acids is 1. The van der Waals surface area contributed by atoms with Crippen LogP contribution in [-0.2, 0) is 9.47 Å². The zero-order valence-corrected chi connectivity index (χ0v) is 28.6. The standard InChI is InChI=1S/C35H45N5O6S/c1-22-8-6-9-23(2)31(22)27-19-30(38-33(37-27)39-47-26-11-7-10-25(18-26)32(41)42)45-29-21-40(34(43)46-35(3,4)5)20-28(29)36-15-12-24-13-16-44-17-14-24/h6-11,18-19,24,28-29,36H,12-17,20-21H2,1-5H3,(H,41,42)(H,37,38,39)/t28-,29-/m1/s1. The van der Waals surface area contributed by atoms with Crippen LogP contribution in [0.1, 0.15) is 61.5 Å². The summed E-state index contributed by atoms with van der Waals surface area (Å²) in [4.78, 5) is 36.5.